The molecule has 0 aromatic carbocycles. The number of nitrogens with zero attached hydrogens (tertiary/aromatic N) is 3. The van der Waals surface area contributed by atoms with Crippen LogP contribution in [0.2, 0.25) is 0 Å². The van der Waals surface area contributed by atoms with E-state index in [4.69, 9.17) is 0 Å². The molecule has 0 radical (unpaired) electrons. The van der Waals surface area contributed by atoms with Crippen molar-refractivity contribution in [3.8, 4) is 0 Å². The molecule has 1 saturated heterocycles. The molecule has 20 heavy (non-hydrogen) atoms. The number of nitrogens with one attached hydrogen (secondary N) is 2. The lowest BCUT2D eigenvalue weighted by Crippen LogP contribution is -2.50. The van der Waals surface area contributed by atoms with Crippen LogP contribution in [0, 0.1) is 6.92 Å². The largest absolute Gasteiger partial charge is 0.347 e. The second kappa shape index (κ2) is 5.91. The van der Waals surface area contributed by atoms with Gasteiger partial charge in [-0.3, -0.25) is 9.69 Å². The predicted molar refractivity (Wildman–Crippen MR) is 75.4 cm³/mol. The van der Waals surface area contributed by atoms with Gasteiger partial charge in [-0.05, 0) is 39.2 Å². The highest BCUT2D eigenvalue weighted by atomic mass is 16.2. The average Bonchev–Trinajstić information content (AvgIpc) is 3.09. The van der Waals surface area contributed by atoms with Crippen molar-refractivity contribution in [2.75, 3.05) is 13.1 Å². The van der Waals surface area contributed by atoms with Crippen LogP contribution in [0.3, 0.4) is 0 Å². The molecule has 2 N–H and O–H groups in total. The van der Waals surface area contributed by atoms with E-state index in [1.807, 2.05) is 0 Å². The molecular weight excluding hydrogens is 254 g/mol. The highest BCUT2D eigenvalue weighted by molar-refractivity contribution is 5.93. The van der Waals surface area contributed by atoms with Crippen molar-refractivity contribution in [1.29, 1.82) is 0 Å². The normalized spacial score (nSPS) is 24.9. The molecule has 1 aliphatic heterocycles. The Labute approximate surface area is 119 Å². The van der Waals surface area contributed by atoms with Gasteiger partial charge in [0, 0.05) is 18.6 Å². The topological polar surface area (TPSA) is 73.9 Å². The third-order valence-electron chi connectivity index (χ3n) is 4.57. The summed E-state index contributed by atoms with van der Waals surface area (Å²) in [4.78, 5) is 14.7. The number of aromatic nitrogens is 3. The minimum absolute atomic E-state index is 0.102. The summed E-state index contributed by atoms with van der Waals surface area (Å²) < 4.78 is 0. The van der Waals surface area contributed by atoms with Gasteiger partial charge in [0.2, 0.25) is 0 Å². The number of carbonyl (C=O) groups excluding carboxylic acids is 1. The lowest BCUT2D eigenvalue weighted by Gasteiger charge is -2.37. The molecule has 0 spiro atoms. The lowest BCUT2D eigenvalue weighted by atomic mass is 10.0. The molecule has 1 saturated carbocycles. The SMILES string of the molecule is Cc1n[nH]nc1C(=O)N[C@@H]1CCCN(C2CCCC2)C1. The maximum absolute atomic E-state index is 12.2. The molecule has 3 rings (SSSR count). The molecule has 1 aromatic rings. The summed E-state index contributed by atoms with van der Waals surface area (Å²) in [7, 11) is 0. The van der Waals surface area contributed by atoms with Gasteiger partial charge in [0.1, 0.15) is 0 Å². The Hall–Kier alpha value is -1.43. The zero-order valence-electron chi connectivity index (χ0n) is 12.1. The number of likely N-dealkylation sites (tertiary alicyclic amines) is 1. The number of carbonyl (C=O) groups is 1. The highest BCUT2D eigenvalue weighted by Gasteiger charge is 2.29. The monoisotopic (exact) mass is 277 g/mol. The Balaban J connectivity index is 1.57. The second-order valence-corrected chi connectivity index (χ2v) is 6.00. The number of hydrogen-bond donors (Lipinski definition) is 2. The van der Waals surface area contributed by atoms with Gasteiger partial charge in [-0.25, -0.2) is 0 Å². The fourth-order valence-corrected chi connectivity index (χ4v) is 3.48. The summed E-state index contributed by atoms with van der Waals surface area (Å²) in [6.45, 7) is 3.96. The number of piperidine rings is 1. The maximum Gasteiger partial charge on any atom is 0.274 e. The number of H-pyrrole nitrogens is 1. The minimum atomic E-state index is -0.102. The Morgan fingerprint density at radius 3 is 2.75 bits per heavy atom. The van der Waals surface area contributed by atoms with E-state index in [0.29, 0.717) is 11.4 Å². The molecule has 0 bridgehead atoms. The Bertz CT molecular complexity index is 466. The maximum atomic E-state index is 12.2. The summed E-state index contributed by atoms with van der Waals surface area (Å²) in [6.07, 6.45) is 7.59. The van der Waals surface area contributed by atoms with Gasteiger partial charge < -0.3 is 5.32 Å². The van der Waals surface area contributed by atoms with Crippen LogP contribution in [-0.2, 0) is 0 Å². The van der Waals surface area contributed by atoms with E-state index in [9.17, 15) is 4.79 Å². The zero-order valence-corrected chi connectivity index (χ0v) is 12.1. The molecule has 2 fully saturated rings. The molecular formula is C14H23N5O. The summed E-state index contributed by atoms with van der Waals surface area (Å²) >= 11 is 0. The number of aryl methyl sites for hydroxylation is 1. The summed E-state index contributed by atoms with van der Waals surface area (Å²) in [5.41, 5.74) is 1.08. The van der Waals surface area contributed by atoms with Crippen molar-refractivity contribution in [1.82, 2.24) is 25.6 Å². The first-order valence-electron chi connectivity index (χ1n) is 7.66. The van der Waals surface area contributed by atoms with Gasteiger partial charge in [0.15, 0.2) is 5.69 Å². The molecule has 2 aliphatic rings. The van der Waals surface area contributed by atoms with Gasteiger partial charge in [-0.1, -0.05) is 12.8 Å². The van der Waals surface area contributed by atoms with Gasteiger partial charge in [-0.2, -0.15) is 15.4 Å². The Kier molecular flexibility index (Phi) is 4.00. The first-order valence-corrected chi connectivity index (χ1v) is 7.66. The minimum Gasteiger partial charge on any atom is -0.347 e. The molecule has 1 amide bonds. The summed E-state index contributed by atoms with van der Waals surface area (Å²) in [6, 6.07) is 0.983. The standard InChI is InChI=1S/C14H23N5O/c1-10-13(17-18-16-10)14(20)15-11-5-4-8-19(9-11)12-6-2-3-7-12/h11-12H,2-9H2,1H3,(H,15,20)(H,16,17,18)/t11-/m1/s1. The van der Waals surface area contributed by atoms with Gasteiger partial charge in [0.25, 0.3) is 5.91 Å². The van der Waals surface area contributed by atoms with E-state index in [2.05, 4.69) is 25.6 Å². The average molecular weight is 277 g/mol. The summed E-state index contributed by atoms with van der Waals surface area (Å²) in [5, 5.41) is 13.4. The third-order valence-corrected chi connectivity index (χ3v) is 4.57. The van der Waals surface area contributed by atoms with E-state index in [1.165, 1.54) is 38.6 Å². The van der Waals surface area contributed by atoms with E-state index in [0.717, 1.165) is 19.0 Å². The fraction of sp³-hybridized carbons (Fsp3) is 0.786. The van der Waals surface area contributed by atoms with Crippen molar-refractivity contribution in [3.05, 3.63) is 11.4 Å². The van der Waals surface area contributed by atoms with Crippen LogP contribution in [0.15, 0.2) is 0 Å². The van der Waals surface area contributed by atoms with Crippen molar-refractivity contribution in [2.45, 2.75) is 57.5 Å². The second-order valence-electron chi connectivity index (χ2n) is 6.00. The smallest absolute Gasteiger partial charge is 0.274 e. The van der Waals surface area contributed by atoms with E-state index < -0.39 is 0 Å². The highest BCUT2D eigenvalue weighted by Crippen LogP contribution is 2.26. The van der Waals surface area contributed by atoms with Gasteiger partial charge in [0.05, 0.1) is 5.69 Å². The number of aromatic amines is 1. The van der Waals surface area contributed by atoms with Crippen LogP contribution in [0.1, 0.15) is 54.7 Å². The molecule has 1 atom stereocenters. The van der Waals surface area contributed by atoms with Crippen molar-refractivity contribution < 1.29 is 4.79 Å². The molecule has 110 valence electrons. The number of hydrogen-bond acceptors (Lipinski definition) is 4. The lowest BCUT2D eigenvalue weighted by molar-refractivity contribution is 0.0869. The van der Waals surface area contributed by atoms with Crippen LogP contribution in [0.5, 0.6) is 0 Å². The van der Waals surface area contributed by atoms with Crippen molar-refractivity contribution in [2.24, 2.45) is 0 Å². The molecule has 6 heteroatoms. The van der Waals surface area contributed by atoms with Crippen LogP contribution in [0.25, 0.3) is 0 Å². The predicted octanol–water partition coefficient (Wildman–Crippen LogP) is 1.25. The summed E-state index contributed by atoms with van der Waals surface area (Å²) in [5.74, 6) is -0.102. The quantitative estimate of drug-likeness (QED) is 0.872. The molecule has 1 aliphatic carbocycles. The van der Waals surface area contributed by atoms with E-state index in [1.54, 1.807) is 6.92 Å². The van der Waals surface area contributed by atoms with Crippen LogP contribution < -0.4 is 5.32 Å². The van der Waals surface area contributed by atoms with E-state index in [-0.39, 0.29) is 11.9 Å². The first kappa shape index (κ1) is 13.5. The third kappa shape index (κ3) is 2.85. The Morgan fingerprint density at radius 1 is 1.25 bits per heavy atom. The molecule has 2 heterocycles. The van der Waals surface area contributed by atoms with Gasteiger partial charge in [-0.15, -0.1) is 0 Å². The van der Waals surface area contributed by atoms with Crippen LogP contribution >= 0.6 is 0 Å². The number of amides is 1. The molecule has 0 unspecified atom stereocenters. The molecule has 6 nitrogen and oxygen atoms in total. The van der Waals surface area contributed by atoms with Gasteiger partial charge >= 0.3 is 0 Å². The van der Waals surface area contributed by atoms with E-state index >= 15 is 0 Å². The van der Waals surface area contributed by atoms with Crippen LogP contribution in [-0.4, -0.2) is 51.4 Å². The zero-order chi connectivity index (χ0) is 13.9. The van der Waals surface area contributed by atoms with Crippen LogP contribution in [0.4, 0.5) is 0 Å². The first-order chi connectivity index (χ1) is 9.74. The fourth-order valence-electron chi connectivity index (χ4n) is 3.48. The Morgan fingerprint density at radius 2 is 2.05 bits per heavy atom. The molecule has 1 aromatic heterocycles. The van der Waals surface area contributed by atoms with Crippen molar-refractivity contribution in [3.63, 3.8) is 0 Å². The number of rotatable bonds is 3. The van der Waals surface area contributed by atoms with Crippen molar-refractivity contribution >= 4 is 5.91 Å².